The van der Waals surface area contributed by atoms with Crippen LogP contribution in [0.2, 0.25) is 0 Å². The van der Waals surface area contributed by atoms with Crippen LogP contribution in [0.3, 0.4) is 0 Å². The summed E-state index contributed by atoms with van der Waals surface area (Å²) < 4.78 is 7.68. The molecule has 6 heteroatoms. The van der Waals surface area contributed by atoms with E-state index in [-0.39, 0.29) is 5.56 Å². The van der Waals surface area contributed by atoms with Gasteiger partial charge in [0.15, 0.2) is 5.82 Å². The maximum atomic E-state index is 12.7. The minimum Gasteiger partial charge on any atom is -0.494 e. The summed E-state index contributed by atoms with van der Waals surface area (Å²) in [6.45, 7) is 4.89. The second kappa shape index (κ2) is 7.94. The van der Waals surface area contributed by atoms with Gasteiger partial charge in [0.05, 0.1) is 11.1 Å². The van der Waals surface area contributed by atoms with Gasteiger partial charge < -0.3 is 4.74 Å². The average Bonchev–Trinajstić information content (AvgIpc) is 3.24. The Bertz CT molecular complexity index is 1190. The lowest BCUT2D eigenvalue weighted by Crippen LogP contribution is -2.23. The first-order valence-electron chi connectivity index (χ1n) is 9.35. The zero-order valence-corrected chi connectivity index (χ0v) is 16.7. The summed E-state index contributed by atoms with van der Waals surface area (Å²) in [5.41, 5.74) is 2.88. The van der Waals surface area contributed by atoms with Crippen molar-refractivity contribution >= 4 is 22.4 Å². The van der Waals surface area contributed by atoms with Crippen molar-refractivity contribution in [3.05, 3.63) is 74.5 Å². The fourth-order valence-corrected chi connectivity index (χ4v) is 3.71. The Morgan fingerprint density at radius 1 is 1.11 bits per heavy atom. The molecule has 0 amide bonds. The molecule has 0 fully saturated rings. The van der Waals surface area contributed by atoms with Crippen molar-refractivity contribution in [2.24, 2.45) is 0 Å². The van der Waals surface area contributed by atoms with Crippen LogP contribution in [0.4, 0.5) is 0 Å². The highest BCUT2D eigenvalue weighted by atomic mass is 32.1. The van der Waals surface area contributed by atoms with E-state index in [4.69, 9.17) is 4.74 Å². The van der Waals surface area contributed by atoms with Gasteiger partial charge in [-0.3, -0.25) is 4.79 Å². The highest BCUT2D eigenvalue weighted by Crippen LogP contribution is 2.17. The van der Waals surface area contributed by atoms with Gasteiger partial charge >= 0.3 is 0 Å². The maximum absolute atomic E-state index is 12.7. The molecule has 2 heterocycles. The number of aryl methyl sites for hydroxylation is 1. The van der Waals surface area contributed by atoms with Gasteiger partial charge in [0.25, 0.3) is 5.56 Å². The molecule has 0 atom stereocenters. The third kappa shape index (κ3) is 3.82. The SMILES string of the molecule is CCCCOc1ccc(C=c2sc3nc(-c4ccc(C)cc4)nn3c2=O)cc1. The monoisotopic (exact) mass is 391 g/mol. The fraction of sp³-hybridized carbons (Fsp3) is 0.227. The third-order valence-corrected chi connectivity index (χ3v) is 5.40. The fourth-order valence-electron chi connectivity index (χ4n) is 2.80. The van der Waals surface area contributed by atoms with Gasteiger partial charge in [-0.15, -0.1) is 5.10 Å². The second-order valence-corrected chi connectivity index (χ2v) is 7.69. The van der Waals surface area contributed by atoms with E-state index in [0.29, 0.717) is 15.3 Å². The molecule has 2 aromatic carbocycles. The molecule has 0 saturated carbocycles. The molecule has 0 bridgehead atoms. The first kappa shape index (κ1) is 18.4. The summed E-state index contributed by atoms with van der Waals surface area (Å²) in [6, 6.07) is 15.7. The zero-order chi connectivity index (χ0) is 19.5. The van der Waals surface area contributed by atoms with E-state index in [0.717, 1.165) is 36.3 Å². The molecule has 0 saturated heterocycles. The number of benzene rings is 2. The molecule has 0 radical (unpaired) electrons. The molecule has 28 heavy (non-hydrogen) atoms. The van der Waals surface area contributed by atoms with Crippen molar-refractivity contribution < 1.29 is 4.74 Å². The molecule has 0 aliphatic rings. The van der Waals surface area contributed by atoms with Gasteiger partial charge in [-0.05, 0) is 37.1 Å². The topological polar surface area (TPSA) is 56.5 Å². The number of hydrogen-bond acceptors (Lipinski definition) is 5. The van der Waals surface area contributed by atoms with E-state index in [9.17, 15) is 4.79 Å². The van der Waals surface area contributed by atoms with Crippen LogP contribution in [0.25, 0.3) is 22.4 Å². The first-order chi connectivity index (χ1) is 13.6. The second-order valence-electron chi connectivity index (χ2n) is 6.68. The molecule has 5 nitrogen and oxygen atoms in total. The van der Waals surface area contributed by atoms with Gasteiger partial charge in [-0.2, -0.15) is 9.50 Å². The molecule has 2 aromatic heterocycles. The van der Waals surface area contributed by atoms with Crippen LogP contribution in [-0.2, 0) is 0 Å². The number of ether oxygens (including phenoxy) is 1. The Hall–Kier alpha value is -2.99. The highest BCUT2D eigenvalue weighted by molar-refractivity contribution is 7.15. The summed E-state index contributed by atoms with van der Waals surface area (Å²) in [4.78, 5) is 17.8. The van der Waals surface area contributed by atoms with Gasteiger partial charge in [0, 0.05) is 5.56 Å². The molecule has 142 valence electrons. The lowest BCUT2D eigenvalue weighted by Gasteiger charge is -2.04. The third-order valence-electron chi connectivity index (χ3n) is 4.44. The zero-order valence-electron chi connectivity index (χ0n) is 15.9. The Balaban J connectivity index is 1.60. The lowest BCUT2D eigenvalue weighted by molar-refractivity contribution is 0.309. The number of rotatable bonds is 6. The Morgan fingerprint density at radius 2 is 1.86 bits per heavy atom. The number of hydrogen-bond donors (Lipinski definition) is 0. The Labute approximate surface area is 166 Å². The van der Waals surface area contributed by atoms with E-state index >= 15 is 0 Å². The molecule has 0 N–H and O–H groups in total. The van der Waals surface area contributed by atoms with Crippen molar-refractivity contribution in [3.63, 3.8) is 0 Å². The number of aromatic nitrogens is 3. The van der Waals surface area contributed by atoms with Crippen LogP contribution in [-0.4, -0.2) is 21.2 Å². The largest absolute Gasteiger partial charge is 0.494 e. The van der Waals surface area contributed by atoms with Crippen LogP contribution < -0.4 is 14.8 Å². The summed E-state index contributed by atoms with van der Waals surface area (Å²) in [7, 11) is 0. The molecule has 4 rings (SSSR count). The van der Waals surface area contributed by atoms with E-state index in [1.165, 1.54) is 21.4 Å². The maximum Gasteiger partial charge on any atom is 0.291 e. The first-order valence-corrected chi connectivity index (χ1v) is 10.2. The quantitative estimate of drug-likeness (QED) is 0.469. The van der Waals surface area contributed by atoms with E-state index in [2.05, 4.69) is 17.0 Å². The van der Waals surface area contributed by atoms with Gasteiger partial charge in [0.2, 0.25) is 4.96 Å². The number of fused-ring (bicyclic) bond motifs is 1. The number of thiazole rings is 1. The standard InChI is InChI=1S/C22H21N3O2S/c1-3-4-13-27-18-11-7-16(8-12-18)14-19-21(26)25-22(28-19)23-20(24-25)17-9-5-15(2)6-10-17/h5-12,14H,3-4,13H2,1-2H3. The average molecular weight is 391 g/mol. The molecule has 4 aromatic rings. The van der Waals surface area contributed by atoms with Crippen LogP contribution >= 0.6 is 11.3 Å². The van der Waals surface area contributed by atoms with Crippen molar-refractivity contribution in [1.82, 2.24) is 14.6 Å². The van der Waals surface area contributed by atoms with Crippen LogP contribution in [0.15, 0.2) is 53.3 Å². The predicted molar refractivity (Wildman–Crippen MR) is 113 cm³/mol. The normalized spacial score (nSPS) is 12.0. The van der Waals surface area contributed by atoms with E-state index in [1.807, 2.05) is 61.5 Å². The summed E-state index contributed by atoms with van der Waals surface area (Å²) in [5.74, 6) is 1.42. The van der Waals surface area contributed by atoms with Crippen LogP contribution in [0, 0.1) is 6.92 Å². The minimum absolute atomic E-state index is 0.144. The Morgan fingerprint density at radius 3 is 2.54 bits per heavy atom. The molecule has 0 aliphatic heterocycles. The van der Waals surface area contributed by atoms with Crippen molar-refractivity contribution in [2.45, 2.75) is 26.7 Å². The number of unbranched alkanes of at least 4 members (excludes halogenated alkanes) is 1. The van der Waals surface area contributed by atoms with Gasteiger partial charge in [-0.25, -0.2) is 0 Å². The molecular weight excluding hydrogens is 370 g/mol. The van der Waals surface area contributed by atoms with E-state index < -0.39 is 0 Å². The highest BCUT2D eigenvalue weighted by Gasteiger charge is 2.11. The summed E-state index contributed by atoms with van der Waals surface area (Å²) in [5, 5.41) is 4.39. The predicted octanol–water partition coefficient (Wildman–Crippen LogP) is 3.85. The van der Waals surface area contributed by atoms with E-state index in [1.54, 1.807) is 0 Å². The van der Waals surface area contributed by atoms with Crippen LogP contribution in [0.5, 0.6) is 5.75 Å². The minimum atomic E-state index is -0.144. The molecule has 0 unspecified atom stereocenters. The summed E-state index contributed by atoms with van der Waals surface area (Å²) in [6.07, 6.45) is 4.02. The summed E-state index contributed by atoms with van der Waals surface area (Å²) >= 11 is 1.35. The smallest absolute Gasteiger partial charge is 0.291 e. The van der Waals surface area contributed by atoms with Crippen LogP contribution in [0.1, 0.15) is 30.9 Å². The number of nitrogens with zero attached hydrogens (tertiary/aromatic N) is 3. The van der Waals surface area contributed by atoms with Crippen molar-refractivity contribution in [1.29, 1.82) is 0 Å². The lowest BCUT2D eigenvalue weighted by atomic mass is 10.1. The van der Waals surface area contributed by atoms with Crippen molar-refractivity contribution in [2.75, 3.05) is 6.61 Å². The van der Waals surface area contributed by atoms with Gasteiger partial charge in [-0.1, -0.05) is 66.6 Å². The van der Waals surface area contributed by atoms with Gasteiger partial charge in [0.1, 0.15) is 5.75 Å². The molecule has 0 aliphatic carbocycles. The molecule has 0 spiro atoms. The Kier molecular flexibility index (Phi) is 5.21. The molecular formula is C22H21N3O2S. The van der Waals surface area contributed by atoms with Crippen molar-refractivity contribution in [3.8, 4) is 17.1 Å².